The molecule has 0 saturated heterocycles. The summed E-state index contributed by atoms with van der Waals surface area (Å²) >= 11 is 0. The molecule has 0 aliphatic rings. The Morgan fingerprint density at radius 2 is 2.43 bits per heavy atom. The quantitative estimate of drug-likeness (QED) is 0.724. The molecule has 1 rings (SSSR count). The Labute approximate surface area is 85.7 Å². The Morgan fingerprint density at radius 1 is 1.57 bits per heavy atom. The molecule has 1 unspecified atom stereocenters. The Bertz CT molecular complexity index is 292. The summed E-state index contributed by atoms with van der Waals surface area (Å²) < 4.78 is 5.07. The van der Waals surface area contributed by atoms with Crippen LogP contribution in [0.1, 0.15) is 38.3 Å². The molecular weight excluding hydrogens is 174 g/mol. The molecule has 1 aromatic rings. The molecule has 1 heterocycles. The molecule has 1 atom stereocenters. The highest BCUT2D eigenvalue weighted by atomic mass is 16.3. The van der Waals surface area contributed by atoms with E-state index in [0.29, 0.717) is 6.04 Å². The van der Waals surface area contributed by atoms with Crippen molar-refractivity contribution in [1.82, 2.24) is 5.32 Å². The van der Waals surface area contributed by atoms with Gasteiger partial charge in [0.1, 0.15) is 0 Å². The average molecular weight is 191 g/mol. The van der Waals surface area contributed by atoms with Crippen LogP contribution < -0.4 is 5.32 Å². The second kappa shape index (κ2) is 6.28. The van der Waals surface area contributed by atoms with E-state index in [1.165, 1.54) is 5.56 Å². The molecule has 0 aliphatic heterocycles. The first-order valence-electron chi connectivity index (χ1n) is 5.03. The highest BCUT2D eigenvalue weighted by Gasteiger charge is 2.09. The molecule has 1 aromatic heterocycles. The van der Waals surface area contributed by atoms with Crippen molar-refractivity contribution >= 4 is 0 Å². The number of nitrogens with one attached hydrogen (secondary N) is 1. The van der Waals surface area contributed by atoms with Crippen molar-refractivity contribution in [3.05, 3.63) is 24.2 Å². The number of rotatable bonds is 5. The lowest BCUT2D eigenvalue weighted by Crippen LogP contribution is -2.20. The second-order valence-electron chi connectivity index (χ2n) is 3.13. The van der Waals surface area contributed by atoms with Crippen LogP contribution in [0.25, 0.3) is 0 Å². The maximum Gasteiger partial charge on any atom is 0.0950 e. The van der Waals surface area contributed by atoms with E-state index in [2.05, 4.69) is 24.1 Å². The van der Waals surface area contributed by atoms with Crippen molar-refractivity contribution in [1.29, 1.82) is 0 Å². The van der Waals surface area contributed by atoms with Crippen molar-refractivity contribution in [2.75, 3.05) is 6.54 Å². The monoisotopic (exact) mass is 191 g/mol. The van der Waals surface area contributed by atoms with E-state index >= 15 is 0 Å². The zero-order chi connectivity index (χ0) is 10.2. The van der Waals surface area contributed by atoms with Gasteiger partial charge in [-0.25, -0.2) is 0 Å². The summed E-state index contributed by atoms with van der Waals surface area (Å²) in [4.78, 5) is 0. The summed E-state index contributed by atoms with van der Waals surface area (Å²) in [5.74, 6) is 5.99. The number of hydrogen-bond donors (Lipinski definition) is 1. The van der Waals surface area contributed by atoms with Crippen molar-refractivity contribution < 1.29 is 4.42 Å². The van der Waals surface area contributed by atoms with Gasteiger partial charge in [-0.3, -0.25) is 0 Å². The first-order chi connectivity index (χ1) is 6.88. The summed E-state index contributed by atoms with van der Waals surface area (Å²) in [7, 11) is 0. The van der Waals surface area contributed by atoms with E-state index in [9.17, 15) is 0 Å². The largest absolute Gasteiger partial charge is 0.472 e. The molecule has 0 radical (unpaired) electrons. The number of hydrogen-bond acceptors (Lipinski definition) is 2. The maximum atomic E-state index is 5.07. The van der Waals surface area contributed by atoms with Crippen LogP contribution in [0.5, 0.6) is 0 Å². The fraction of sp³-hybridized carbons (Fsp3) is 0.500. The molecule has 76 valence electrons. The maximum absolute atomic E-state index is 5.07. The third kappa shape index (κ3) is 3.27. The van der Waals surface area contributed by atoms with Gasteiger partial charge >= 0.3 is 0 Å². The van der Waals surface area contributed by atoms with Gasteiger partial charge in [0, 0.05) is 18.0 Å². The van der Waals surface area contributed by atoms with Gasteiger partial charge in [-0.05, 0) is 26.0 Å². The van der Waals surface area contributed by atoms with Crippen LogP contribution in [0.2, 0.25) is 0 Å². The lowest BCUT2D eigenvalue weighted by Gasteiger charge is -2.14. The molecule has 0 aliphatic carbocycles. The molecular formula is C12H17NO. The van der Waals surface area contributed by atoms with Gasteiger partial charge in [0.15, 0.2) is 0 Å². The van der Waals surface area contributed by atoms with Gasteiger partial charge in [-0.15, -0.1) is 11.8 Å². The van der Waals surface area contributed by atoms with Crippen LogP contribution in [0.3, 0.4) is 0 Å². The summed E-state index contributed by atoms with van der Waals surface area (Å²) in [6.07, 6.45) is 5.48. The molecule has 2 nitrogen and oxygen atoms in total. The lowest BCUT2D eigenvalue weighted by atomic mass is 10.1. The van der Waals surface area contributed by atoms with Gasteiger partial charge in [0.25, 0.3) is 0 Å². The third-order valence-corrected chi connectivity index (χ3v) is 2.13. The minimum atomic E-state index is 0.375. The van der Waals surface area contributed by atoms with E-state index in [4.69, 9.17) is 4.42 Å². The molecule has 0 fully saturated rings. The van der Waals surface area contributed by atoms with Crippen LogP contribution in [0.15, 0.2) is 23.0 Å². The molecule has 0 spiro atoms. The average Bonchev–Trinajstić information content (AvgIpc) is 2.70. The molecule has 0 bridgehead atoms. The molecule has 0 aromatic carbocycles. The van der Waals surface area contributed by atoms with Gasteiger partial charge in [-0.1, -0.05) is 6.92 Å². The SMILES string of the molecule is CC#CCCC(NCC)c1ccoc1. The van der Waals surface area contributed by atoms with Gasteiger partial charge in [0.2, 0.25) is 0 Å². The van der Waals surface area contributed by atoms with E-state index in [1.807, 2.05) is 13.0 Å². The molecule has 2 heteroatoms. The topological polar surface area (TPSA) is 25.2 Å². The third-order valence-electron chi connectivity index (χ3n) is 2.13. The first-order valence-corrected chi connectivity index (χ1v) is 5.03. The van der Waals surface area contributed by atoms with Crippen molar-refractivity contribution in [3.63, 3.8) is 0 Å². The highest BCUT2D eigenvalue weighted by Crippen LogP contribution is 2.18. The summed E-state index contributed by atoms with van der Waals surface area (Å²) in [6, 6.07) is 2.38. The zero-order valence-electron chi connectivity index (χ0n) is 8.84. The van der Waals surface area contributed by atoms with E-state index in [1.54, 1.807) is 12.5 Å². The standard InChI is InChI=1S/C12H17NO/c1-3-5-6-7-12(13-4-2)11-8-9-14-10-11/h8-10,12-13H,4,6-7H2,1-2H3. The summed E-state index contributed by atoms with van der Waals surface area (Å²) in [5.41, 5.74) is 1.21. The lowest BCUT2D eigenvalue weighted by molar-refractivity contribution is 0.506. The number of furan rings is 1. The zero-order valence-corrected chi connectivity index (χ0v) is 8.84. The van der Waals surface area contributed by atoms with Crippen molar-refractivity contribution in [2.45, 2.75) is 32.7 Å². The van der Waals surface area contributed by atoms with Crippen LogP contribution in [-0.4, -0.2) is 6.54 Å². The Morgan fingerprint density at radius 3 is 3.00 bits per heavy atom. The molecule has 0 saturated carbocycles. The Hall–Kier alpha value is -1.20. The van der Waals surface area contributed by atoms with Crippen LogP contribution in [0.4, 0.5) is 0 Å². The van der Waals surface area contributed by atoms with Crippen LogP contribution >= 0.6 is 0 Å². The molecule has 0 amide bonds. The van der Waals surface area contributed by atoms with E-state index in [0.717, 1.165) is 19.4 Å². The predicted molar refractivity (Wildman–Crippen MR) is 57.8 cm³/mol. The minimum Gasteiger partial charge on any atom is -0.472 e. The normalized spacial score (nSPS) is 11.9. The smallest absolute Gasteiger partial charge is 0.0950 e. The molecule has 14 heavy (non-hydrogen) atoms. The van der Waals surface area contributed by atoms with E-state index < -0.39 is 0 Å². The van der Waals surface area contributed by atoms with Crippen LogP contribution in [-0.2, 0) is 0 Å². The van der Waals surface area contributed by atoms with Crippen molar-refractivity contribution in [3.8, 4) is 11.8 Å². The van der Waals surface area contributed by atoms with Gasteiger partial charge in [0.05, 0.1) is 12.5 Å². The second-order valence-corrected chi connectivity index (χ2v) is 3.13. The molecule has 1 N–H and O–H groups in total. The Balaban J connectivity index is 2.50. The first kappa shape index (κ1) is 10.9. The van der Waals surface area contributed by atoms with E-state index in [-0.39, 0.29) is 0 Å². The summed E-state index contributed by atoms with van der Waals surface area (Å²) in [5, 5.41) is 3.42. The Kier molecular flexibility index (Phi) is 4.88. The van der Waals surface area contributed by atoms with Gasteiger partial charge in [-0.2, -0.15) is 0 Å². The fourth-order valence-electron chi connectivity index (χ4n) is 1.45. The minimum absolute atomic E-state index is 0.375. The fourth-order valence-corrected chi connectivity index (χ4v) is 1.45. The van der Waals surface area contributed by atoms with Gasteiger partial charge < -0.3 is 9.73 Å². The summed E-state index contributed by atoms with van der Waals surface area (Å²) in [6.45, 7) is 4.95. The highest BCUT2D eigenvalue weighted by molar-refractivity contribution is 5.12. The van der Waals surface area contributed by atoms with Crippen LogP contribution in [0, 0.1) is 11.8 Å². The van der Waals surface area contributed by atoms with Crippen molar-refractivity contribution in [2.24, 2.45) is 0 Å². The predicted octanol–water partition coefficient (Wildman–Crippen LogP) is 2.73.